The summed E-state index contributed by atoms with van der Waals surface area (Å²) in [5.74, 6) is 0.739. The molecule has 0 aliphatic heterocycles. The van der Waals surface area contributed by atoms with Crippen LogP contribution in [0.3, 0.4) is 0 Å². The summed E-state index contributed by atoms with van der Waals surface area (Å²) >= 11 is 4.05. The van der Waals surface area contributed by atoms with E-state index < -0.39 is 0 Å². The zero-order chi connectivity index (χ0) is 27.9. The van der Waals surface area contributed by atoms with Gasteiger partial charge in [-0.15, -0.1) is 11.7 Å². The molecule has 1 aliphatic carbocycles. The van der Waals surface area contributed by atoms with Gasteiger partial charge in [-0.2, -0.15) is 0 Å². The van der Waals surface area contributed by atoms with Crippen LogP contribution in [0.4, 0.5) is 0 Å². The summed E-state index contributed by atoms with van der Waals surface area (Å²) in [6.07, 6.45) is 11.1. The van der Waals surface area contributed by atoms with Gasteiger partial charge in [0.1, 0.15) is 12.0 Å². The molecule has 1 amide bonds. The molecule has 0 bridgehead atoms. The summed E-state index contributed by atoms with van der Waals surface area (Å²) in [5.41, 5.74) is 8.16. The van der Waals surface area contributed by atoms with E-state index in [2.05, 4.69) is 64.5 Å². The number of hydrogen-bond donors (Lipinski definition) is 3. The van der Waals surface area contributed by atoms with E-state index in [1.165, 1.54) is 5.56 Å². The Morgan fingerprint density at radius 1 is 1.30 bits per heavy atom. The molecule has 204 valence electrons. The quantitative estimate of drug-likeness (QED) is 0.174. The molecule has 1 aromatic heterocycles. The standard InChI is InChI=1S/C20H26N4O2.C4H6O.C2H7N.CH3NS/c1-3-13-24-18(19(22-23-24)20(25)21-16-9-10-16)6-5-14-26-17-11-7-15(4-2)8-12-17;1-2-3-4-5;1-3-2;2-1-3/h3,7-8,11-13,16H,4-6,9-10,14H2,1-2H3,(H,21,25);2,4H,1,3H2;3H,1-2H3;1H,(H2,2,3)/b13-3+;;;. The third-order valence-electron chi connectivity index (χ3n) is 4.63. The number of benzene rings is 1. The normalized spacial score (nSPS) is 11.5. The first-order valence-corrected chi connectivity index (χ1v) is 12.8. The Bertz CT molecular complexity index is 934. The SMILES string of the molecule is C/C=C/n1nnc(C(=O)NC2CC2)c1CCCOc1ccc(CC)cc1.C=CCC=O.CNC.NC=S. The van der Waals surface area contributed by atoms with Crippen LogP contribution < -0.4 is 21.1 Å². The van der Waals surface area contributed by atoms with Gasteiger partial charge in [-0.25, -0.2) is 4.68 Å². The number of nitrogens with one attached hydrogen (secondary N) is 2. The summed E-state index contributed by atoms with van der Waals surface area (Å²) < 4.78 is 7.49. The predicted molar refractivity (Wildman–Crippen MR) is 155 cm³/mol. The Hall–Kier alpha value is -3.37. The van der Waals surface area contributed by atoms with Crippen molar-refractivity contribution < 1.29 is 14.3 Å². The number of nitrogens with two attached hydrogens (primary N) is 1. The molecule has 4 N–H and O–H groups in total. The maximum Gasteiger partial charge on any atom is 0.273 e. The highest BCUT2D eigenvalue weighted by Crippen LogP contribution is 2.20. The van der Waals surface area contributed by atoms with Crippen LogP contribution in [0.15, 0.2) is 43.0 Å². The lowest BCUT2D eigenvalue weighted by molar-refractivity contribution is -0.107. The number of hydrogen-bond acceptors (Lipinski definition) is 7. The van der Waals surface area contributed by atoms with Crippen LogP contribution in [-0.4, -0.2) is 59.4 Å². The molecule has 0 spiro atoms. The van der Waals surface area contributed by atoms with Crippen molar-refractivity contribution in [1.29, 1.82) is 0 Å². The largest absolute Gasteiger partial charge is 0.494 e. The molecule has 1 saturated carbocycles. The van der Waals surface area contributed by atoms with E-state index in [9.17, 15) is 9.59 Å². The maximum atomic E-state index is 12.4. The van der Waals surface area contributed by atoms with Crippen molar-refractivity contribution in [3.8, 4) is 5.75 Å². The minimum absolute atomic E-state index is 0.130. The van der Waals surface area contributed by atoms with Crippen molar-refractivity contribution in [2.24, 2.45) is 5.73 Å². The Morgan fingerprint density at radius 3 is 2.38 bits per heavy atom. The van der Waals surface area contributed by atoms with Crippen LogP contribution in [0, 0.1) is 0 Å². The second-order valence-electron chi connectivity index (χ2n) is 7.84. The van der Waals surface area contributed by atoms with Crippen molar-refractivity contribution in [1.82, 2.24) is 25.6 Å². The first-order valence-electron chi connectivity index (χ1n) is 12.3. The smallest absolute Gasteiger partial charge is 0.273 e. The van der Waals surface area contributed by atoms with E-state index in [4.69, 9.17) is 4.74 Å². The highest BCUT2D eigenvalue weighted by Gasteiger charge is 2.27. The molecular weight excluding hydrogens is 488 g/mol. The molecule has 1 aromatic carbocycles. The van der Waals surface area contributed by atoms with Crippen molar-refractivity contribution in [2.75, 3.05) is 20.7 Å². The van der Waals surface area contributed by atoms with E-state index in [1.807, 2.05) is 45.4 Å². The predicted octanol–water partition coefficient (Wildman–Crippen LogP) is 3.73. The second-order valence-corrected chi connectivity index (χ2v) is 8.11. The molecule has 0 unspecified atom stereocenters. The summed E-state index contributed by atoms with van der Waals surface area (Å²) in [6.45, 7) is 7.95. The molecule has 2 aromatic rings. The summed E-state index contributed by atoms with van der Waals surface area (Å²) in [4.78, 5) is 21.7. The minimum Gasteiger partial charge on any atom is -0.494 e. The summed E-state index contributed by atoms with van der Waals surface area (Å²) in [5, 5.41) is 13.9. The molecule has 1 aliphatic rings. The number of thiocarbonyl (C=S) groups is 1. The number of aryl methyl sites for hydroxylation is 1. The molecule has 10 heteroatoms. The number of ether oxygens (including phenoxy) is 1. The van der Waals surface area contributed by atoms with E-state index in [-0.39, 0.29) is 5.91 Å². The minimum atomic E-state index is -0.130. The van der Waals surface area contributed by atoms with Gasteiger partial charge < -0.3 is 25.9 Å². The monoisotopic (exact) mass is 530 g/mol. The lowest BCUT2D eigenvalue weighted by atomic mass is 10.1. The topological polar surface area (TPSA) is 124 Å². The number of aromatic nitrogens is 3. The zero-order valence-electron chi connectivity index (χ0n) is 22.5. The second kappa shape index (κ2) is 21.9. The van der Waals surface area contributed by atoms with Crippen LogP contribution in [0.5, 0.6) is 5.75 Å². The van der Waals surface area contributed by atoms with Gasteiger partial charge in [-0.3, -0.25) is 4.79 Å². The van der Waals surface area contributed by atoms with Gasteiger partial charge in [0.2, 0.25) is 0 Å². The third kappa shape index (κ3) is 15.4. The molecule has 37 heavy (non-hydrogen) atoms. The van der Waals surface area contributed by atoms with Crippen molar-refractivity contribution >= 4 is 36.1 Å². The molecule has 0 atom stereocenters. The number of rotatable bonds is 11. The van der Waals surface area contributed by atoms with Crippen LogP contribution >= 0.6 is 12.2 Å². The van der Waals surface area contributed by atoms with Gasteiger partial charge >= 0.3 is 0 Å². The summed E-state index contributed by atoms with van der Waals surface area (Å²) in [6, 6.07) is 8.47. The Morgan fingerprint density at radius 2 is 1.92 bits per heavy atom. The highest BCUT2D eigenvalue weighted by atomic mass is 32.1. The molecule has 1 heterocycles. The van der Waals surface area contributed by atoms with Crippen LogP contribution in [0.1, 0.15) is 61.3 Å². The fourth-order valence-corrected chi connectivity index (χ4v) is 2.78. The fraction of sp³-hybridized carbons (Fsp3) is 0.444. The number of carbonyl (C=O) groups is 2. The molecule has 3 rings (SSSR count). The van der Waals surface area contributed by atoms with Gasteiger partial charge in [0, 0.05) is 18.7 Å². The molecule has 1 fully saturated rings. The van der Waals surface area contributed by atoms with E-state index in [0.717, 1.165) is 48.9 Å². The van der Waals surface area contributed by atoms with Crippen molar-refractivity contribution in [2.45, 2.75) is 58.4 Å². The molecule has 0 saturated heterocycles. The molecular formula is C27H42N6O3S. The Labute approximate surface area is 226 Å². The molecule has 9 nitrogen and oxygen atoms in total. The number of amides is 1. The maximum absolute atomic E-state index is 12.4. The van der Waals surface area contributed by atoms with Crippen LogP contribution in [-0.2, 0) is 17.6 Å². The van der Waals surface area contributed by atoms with Gasteiger partial charge in [-0.05, 0) is 70.8 Å². The summed E-state index contributed by atoms with van der Waals surface area (Å²) in [7, 11) is 3.75. The lowest BCUT2D eigenvalue weighted by Gasteiger charge is -2.08. The van der Waals surface area contributed by atoms with Crippen LogP contribution in [0.25, 0.3) is 6.20 Å². The van der Waals surface area contributed by atoms with Crippen molar-refractivity contribution in [3.05, 3.63) is 59.9 Å². The van der Waals surface area contributed by atoms with Crippen molar-refractivity contribution in [3.63, 3.8) is 0 Å². The number of carbonyl (C=O) groups excluding carboxylic acids is 2. The van der Waals surface area contributed by atoms with Crippen LogP contribution in [0.2, 0.25) is 0 Å². The molecule has 0 radical (unpaired) electrons. The first kappa shape index (κ1) is 33.6. The van der Waals surface area contributed by atoms with Gasteiger partial charge in [0.25, 0.3) is 5.91 Å². The van der Waals surface area contributed by atoms with Gasteiger partial charge in [0.15, 0.2) is 5.69 Å². The zero-order valence-corrected chi connectivity index (χ0v) is 23.3. The fourth-order valence-electron chi connectivity index (χ4n) is 2.78. The number of nitrogens with zero attached hydrogens (tertiary/aromatic N) is 3. The van der Waals surface area contributed by atoms with Gasteiger partial charge in [-0.1, -0.05) is 48.6 Å². The van der Waals surface area contributed by atoms with E-state index in [0.29, 0.717) is 31.2 Å². The lowest BCUT2D eigenvalue weighted by Crippen LogP contribution is -2.27. The van der Waals surface area contributed by atoms with Gasteiger partial charge in [0.05, 0.1) is 17.8 Å². The third-order valence-corrected chi connectivity index (χ3v) is 4.63. The van der Waals surface area contributed by atoms with E-state index >= 15 is 0 Å². The Balaban J connectivity index is 0.00000100. The highest BCUT2D eigenvalue weighted by molar-refractivity contribution is 7.78. The first-order chi connectivity index (χ1) is 17.9. The van der Waals surface area contributed by atoms with E-state index in [1.54, 1.807) is 10.8 Å². The number of aldehydes is 1. The average Bonchev–Trinajstić information content (AvgIpc) is 3.62. The Kier molecular flexibility index (Phi) is 19.9. The number of allylic oxidation sites excluding steroid dienone is 2. The average molecular weight is 531 g/mol.